The van der Waals surface area contributed by atoms with Gasteiger partial charge in [-0.25, -0.2) is 0 Å². The molecule has 0 aliphatic carbocycles. The summed E-state index contributed by atoms with van der Waals surface area (Å²) in [6.07, 6.45) is 0.498. The van der Waals surface area contributed by atoms with E-state index in [2.05, 4.69) is 10.5 Å². The minimum atomic E-state index is -0.0893. The van der Waals surface area contributed by atoms with Crippen molar-refractivity contribution in [1.29, 1.82) is 0 Å². The Kier molecular flexibility index (Phi) is 3.73. The average Bonchev–Trinajstić information content (AvgIpc) is 2.49. The second-order valence-corrected chi connectivity index (χ2v) is 5.47. The molecule has 0 saturated heterocycles. The lowest BCUT2D eigenvalue weighted by Gasteiger charge is -2.12. The predicted octanol–water partition coefficient (Wildman–Crippen LogP) is 2.96. The number of hydrogen-bond acceptors (Lipinski definition) is 3. The maximum atomic E-state index is 11.5. The van der Waals surface area contributed by atoms with Gasteiger partial charge in [0.25, 0.3) is 0 Å². The van der Waals surface area contributed by atoms with Crippen LogP contribution in [0, 0.1) is 5.92 Å². The molecule has 0 unspecified atom stereocenters. The number of carbonyl (C=O) groups is 1. The van der Waals surface area contributed by atoms with Gasteiger partial charge in [-0.3, -0.25) is 4.79 Å². The Balaban J connectivity index is 2.62. The maximum Gasteiger partial charge on any atom is 0.225 e. The van der Waals surface area contributed by atoms with Crippen molar-refractivity contribution in [3.8, 4) is 0 Å². The maximum absolute atomic E-state index is 11.5. The van der Waals surface area contributed by atoms with E-state index in [1.165, 1.54) is 0 Å². The zero-order valence-corrected chi connectivity index (χ0v) is 10.6. The Bertz CT molecular complexity index is 361. The summed E-state index contributed by atoms with van der Waals surface area (Å²) in [7, 11) is 0. The standard InChI is InChI=1S/C12H20N2O2/c1-8(2)6-11(15)13-10-7-9(16-14-10)12(3,4)5/h7-8H,6H2,1-5H3,(H,13,14,15). The van der Waals surface area contributed by atoms with Crippen LogP contribution < -0.4 is 5.32 Å². The molecule has 0 fully saturated rings. The molecule has 1 heterocycles. The molecule has 1 aromatic rings. The molecule has 90 valence electrons. The van der Waals surface area contributed by atoms with Crippen molar-refractivity contribution < 1.29 is 9.32 Å². The monoisotopic (exact) mass is 224 g/mol. The smallest absolute Gasteiger partial charge is 0.225 e. The molecule has 0 spiro atoms. The van der Waals surface area contributed by atoms with Crippen molar-refractivity contribution >= 4 is 11.7 Å². The van der Waals surface area contributed by atoms with Crippen LogP contribution in [0.15, 0.2) is 10.6 Å². The summed E-state index contributed by atoms with van der Waals surface area (Å²) in [5, 5.41) is 6.54. The second kappa shape index (κ2) is 4.68. The molecule has 1 N–H and O–H groups in total. The molecule has 0 radical (unpaired) electrons. The lowest BCUT2D eigenvalue weighted by molar-refractivity contribution is -0.116. The van der Waals surface area contributed by atoms with E-state index in [0.717, 1.165) is 5.76 Å². The molecular weight excluding hydrogens is 204 g/mol. The van der Waals surface area contributed by atoms with E-state index >= 15 is 0 Å². The molecule has 0 saturated carbocycles. The van der Waals surface area contributed by atoms with Crippen molar-refractivity contribution in [1.82, 2.24) is 5.16 Å². The number of rotatable bonds is 3. The minimum absolute atomic E-state index is 0.0243. The summed E-state index contributed by atoms with van der Waals surface area (Å²) < 4.78 is 5.17. The highest BCUT2D eigenvalue weighted by Crippen LogP contribution is 2.24. The fourth-order valence-electron chi connectivity index (χ4n) is 1.25. The van der Waals surface area contributed by atoms with Crippen LogP contribution >= 0.6 is 0 Å². The quantitative estimate of drug-likeness (QED) is 0.858. The van der Waals surface area contributed by atoms with E-state index < -0.39 is 0 Å². The first kappa shape index (κ1) is 12.7. The number of nitrogens with one attached hydrogen (secondary N) is 1. The largest absolute Gasteiger partial charge is 0.359 e. The van der Waals surface area contributed by atoms with Crippen molar-refractivity contribution in [3.05, 3.63) is 11.8 Å². The van der Waals surface area contributed by atoms with Crippen molar-refractivity contribution in [2.45, 2.75) is 46.5 Å². The molecular formula is C12H20N2O2. The van der Waals surface area contributed by atoms with E-state index in [1.54, 1.807) is 6.07 Å². The first-order valence-corrected chi connectivity index (χ1v) is 5.56. The Morgan fingerprint density at radius 1 is 1.50 bits per heavy atom. The van der Waals surface area contributed by atoms with E-state index in [-0.39, 0.29) is 11.3 Å². The van der Waals surface area contributed by atoms with Gasteiger partial charge < -0.3 is 9.84 Å². The Morgan fingerprint density at radius 2 is 2.12 bits per heavy atom. The van der Waals surface area contributed by atoms with Crippen molar-refractivity contribution in [2.75, 3.05) is 5.32 Å². The third-order valence-corrected chi connectivity index (χ3v) is 2.11. The third kappa shape index (κ3) is 3.68. The van der Waals surface area contributed by atoms with Crippen LogP contribution in [0.1, 0.15) is 46.8 Å². The first-order valence-electron chi connectivity index (χ1n) is 5.56. The molecule has 0 aliphatic rings. The third-order valence-electron chi connectivity index (χ3n) is 2.11. The molecule has 0 aromatic carbocycles. The summed E-state index contributed by atoms with van der Waals surface area (Å²) in [5.74, 6) is 1.58. The molecule has 1 amide bonds. The summed E-state index contributed by atoms with van der Waals surface area (Å²) in [6, 6.07) is 1.78. The Morgan fingerprint density at radius 3 is 2.56 bits per heavy atom. The lowest BCUT2D eigenvalue weighted by Crippen LogP contribution is -2.14. The van der Waals surface area contributed by atoms with Gasteiger partial charge in [-0.1, -0.05) is 39.8 Å². The number of anilines is 1. The van der Waals surface area contributed by atoms with Gasteiger partial charge in [0.2, 0.25) is 5.91 Å². The van der Waals surface area contributed by atoms with Crippen LogP contribution in [0.2, 0.25) is 0 Å². The van der Waals surface area contributed by atoms with Crippen LogP contribution in [0.3, 0.4) is 0 Å². The van der Waals surface area contributed by atoms with Gasteiger partial charge in [0.15, 0.2) is 5.82 Å². The molecule has 1 rings (SSSR count). The molecule has 16 heavy (non-hydrogen) atoms. The highest BCUT2D eigenvalue weighted by atomic mass is 16.5. The Labute approximate surface area is 96.4 Å². The Hall–Kier alpha value is -1.32. The molecule has 0 bridgehead atoms. The summed E-state index contributed by atoms with van der Waals surface area (Å²) >= 11 is 0. The van der Waals surface area contributed by atoms with Crippen LogP contribution in [-0.4, -0.2) is 11.1 Å². The van der Waals surface area contributed by atoms with E-state index in [0.29, 0.717) is 18.2 Å². The van der Waals surface area contributed by atoms with Gasteiger partial charge in [0.05, 0.1) is 0 Å². The SMILES string of the molecule is CC(C)CC(=O)Nc1cc(C(C)(C)C)on1. The predicted molar refractivity (Wildman–Crippen MR) is 63.3 cm³/mol. The van der Waals surface area contributed by atoms with E-state index in [1.807, 2.05) is 34.6 Å². The van der Waals surface area contributed by atoms with Gasteiger partial charge in [-0.15, -0.1) is 0 Å². The van der Waals surface area contributed by atoms with Crippen LogP contribution in [-0.2, 0) is 10.2 Å². The van der Waals surface area contributed by atoms with E-state index in [9.17, 15) is 4.79 Å². The normalized spacial score (nSPS) is 11.9. The molecule has 0 aliphatic heterocycles. The number of amides is 1. The summed E-state index contributed by atoms with van der Waals surface area (Å²) in [5.41, 5.74) is -0.0893. The molecule has 4 heteroatoms. The number of nitrogens with zero attached hydrogens (tertiary/aromatic N) is 1. The van der Waals surface area contributed by atoms with Crippen LogP contribution in [0.5, 0.6) is 0 Å². The second-order valence-electron chi connectivity index (χ2n) is 5.47. The van der Waals surface area contributed by atoms with Crippen molar-refractivity contribution in [2.24, 2.45) is 5.92 Å². The van der Waals surface area contributed by atoms with Gasteiger partial charge in [-0.05, 0) is 5.92 Å². The van der Waals surface area contributed by atoms with E-state index in [4.69, 9.17) is 4.52 Å². The van der Waals surface area contributed by atoms with Gasteiger partial charge in [0, 0.05) is 17.9 Å². The minimum Gasteiger partial charge on any atom is -0.359 e. The highest BCUT2D eigenvalue weighted by Gasteiger charge is 2.20. The molecule has 4 nitrogen and oxygen atoms in total. The highest BCUT2D eigenvalue weighted by molar-refractivity contribution is 5.89. The fourth-order valence-corrected chi connectivity index (χ4v) is 1.25. The topological polar surface area (TPSA) is 55.1 Å². The number of carbonyl (C=O) groups excluding carboxylic acids is 1. The number of aromatic nitrogens is 1. The summed E-state index contributed by atoms with van der Waals surface area (Å²) in [6.45, 7) is 10.1. The van der Waals surface area contributed by atoms with Crippen LogP contribution in [0.25, 0.3) is 0 Å². The van der Waals surface area contributed by atoms with Crippen molar-refractivity contribution in [3.63, 3.8) is 0 Å². The zero-order chi connectivity index (χ0) is 12.3. The number of hydrogen-bond donors (Lipinski definition) is 1. The molecule has 1 aromatic heterocycles. The fraction of sp³-hybridized carbons (Fsp3) is 0.667. The molecule has 0 atom stereocenters. The average molecular weight is 224 g/mol. The zero-order valence-electron chi connectivity index (χ0n) is 10.6. The van der Waals surface area contributed by atoms with Gasteiger partial charge in [0.1, 0.15) is 5.76 Å². The van der Waals surface area contributed by atoms with Gasteiger partial charge in [-0.2, -0.15) is 0 Å². The van der Waals surface area contributed by atoms with Gasteiger partial charge >= 0.3 is 0 Å². The lowest BCUT2D eigenvalue weighted by atomic mass is 9.93. The summed E-state index contributed by atoms with van der Waals surface area (Å²) in [4.78, 5) is 11.5. The van der Waals surface area contributed by atoms with Crippen LogP contribution in [0.4, 0.5) is 5.82 Å². The first-order chi connectivity index (χ1) is 7.29.